The molecule has 0 amide bonds. The van der Waals surface area contributed by atoms with Crippen LogP contribution in [0.5, 0.6) is 0 Å². The summed E-state index contributed by atoms with van der Waals surface area (Å²) in [4.78, 5) is 0. The standard InChI is InChI=1S/C14H31NO4/c1-12(2)6-5-7-19-10-13(16)8-15-9-14(18-4)11-17-3/h12-16H,5-11H2,1-4H3. The van der Waals surface area contributed by atoms with Crippen molar-refractivity contribution in [2.24, 2.45) is 5.92 Å². The largest absolute Gasteiger partial charge is 0.389 e. The van der Waals surface area contributed by atoms with E-state index in [0.29, 0.717) is 32.2 Å². The fraction of sp³-hybridized carbons (Fsp3) is 1.00. The van der Waals surface area contributed by atoms with Crippen LogP contribution in [-0.4, -0.2) is 64.4 Å². The second-order valence-electron chi connectivity index (χ2n) is 5.24. The average Bonchev–Trinajstić information content (AvgIpc) is 2.37. The molecule has 19 heavy (non-hydrogen) atoms. The Hall–Kier alpha value is -0.200. The summed E-state index contributed by atoms with van der Waals surface area (Å²) in [5.41, 5.74) is 0. The highest BCUT2D eigenvalue weighted by molar-refractivity contribution is 4.64. The minimum Gasteiger partial charge on any atom is -0.389 e. The first-order valence-corrected chi connectivity index (χ1v) is 7.08. The molecule has 0 aliphatic heterocycles. The van der Waals surface area contributed by atoms with Crippen molar-refractivity contribution >= 4 is 0 Å². The molecule has 0 aliphatic rings. The van der Waals surface area contributed by atoms with Gasteiger partial charge in [0.1, 0.15) is 0 Å². The van der Waals surface area contributed by atoms with Gasteiger partial charge in [-0.15, -0.1) is 0 Å². The van der Waals surface area contributed by atoms with E-state index in [2.05, 4.69) is 19.2 Å². The van der Waals surface area contributed by atoms with E-state index >= 15 is 0 Å². The molecule has 0 bridgehead atoms. The molecular formula is C14H31NO4. The number of nitrogens with one attached hydrogen (secondary N) is 1. The maximum Gasteiger partial charge on any atom is 0.0928 e. The fourth-order valence-electron chi connectivity index (χ4n) is 1.68. The lowest BCUT2D eigenvalue weighted by Gasteiger charge is -2.17. The van der Waals surface area contributed by atoms with Gasteiger partial charge in [-0.3, -0.25) is 0 Å². The van der Waals surface area contributed by atoms with E-state index in [9.17, 15) is 5.11 Å². The number of aliphatic hydroxyl groups excluding tert-OH is 1. The molecule has 0 aromatic rings. The molecule has 116 valence electrons. The molecule has 0 fully saturated rings. The van der Waals surface area contributed by atoms with Crippen molar-refractivity contribution in [3.05, 3.63) is 0 Å². The van der Waals surface area contributed by atoms with Crippen molar-refractivity contribution in [1.82, 2.24) is 5.32 Å². The lowest BCUT2D eigenvalue weighted by molar-refractivity contribution is 0.0175. The van der Waals surface area contributed by atoms with Crippen molar-refractivity contribution in [1.29, 1.82) is 0 Å². The predicted octanol–water partition coefficient (Wildman–Crippen LogP) is 1.05. The van der Waals surface area contributed by atoms with Crippen molar-refractivity contribution in [3.8, 4) is 0 Å². The Labute approximate surface area is 117 Å². The van der Waals surface area contributed by atoms with Crippen molar-refractivity contribution in [2.45, 2.75) is 38.9 Å². The average molecular weight is 277 g/mol. The highest BCUT2D eigenvalue weighted by Gasteiger charge is 2.08. The first kappa shape index (κ1) is 18.8. The monoisotopic (exact) mass is 277 g/mol. The Kier molecular flexibility index (Phi) is 12.7. The third kappa shape index (κ3) is 12.6. The summed E-state index contributed by atoms with van der Waals surface area (Å²) in [6.07, 6.45) is 1.77. The molecule has 0 rings (SSSR count). The zero-order valence-corrected chi connectivity index (χ0v) is 12.9. The number of hydrogen-bond donors (Lipinski definition) is 2. The summed E-state index contributed by atoms with van der Waals surface area (Å²) >= 11 is 0. The van der Waals surface area contributed by atoms with Crippen LogP contribution < -0.4 is 5.32 Å². The van der Waals surface area contributed by atoms with Gasteiger partial charge in [-0.1, -0.05) is 13.8 Å². The molecule has 0 aromatic carbocycles. The van der Waals surface area contributed by atoms with Crippen LogP contribution in [0.1, 0.15) is 26.7 Å². The van der Waals surface area contributed by atoms with Crippen LogP contribution in [0.15, 0.2) is 0 Å². The van der Waals surface area contributed by atoms with Crippen molar-refractivity contribution in [2.75, 3.05) is 47.1 Å². The first-order chi connectivity index (χ1) is 9.10. The second kappa shape index (κ2) is 12.8. The summed E-state index contributed by atoms with van der Waals surface area (Å²) in [6, 6.07) is 0. The normalized spacial score (nSPS) is 14.8. The molecule has 2 N–H and O–H groups in total. The number of rotatable bonds is 13. The van der Waals surface area contributed by atoms with Gasteiger partial charge in [0, 0.05) is 33.9 Å². The van der Waals surface area contributed by atoms with Gasteiger partial charge >= 0.3 is 0 Å². The minimum absolute atomic E-state index is 0.0177. The molecular weight excluding hydrogens is 246 g/mol. The van der Waals surface area contributed by atoms with Crippen LogP contribution in [0.4, 0.5) is 0 Å². The van der Waals surface area contributed by atoms with Crippen molar-refractivity contribution in [3.63, 3.8) is 0 Å². The molecule has 5 nitrogen and oxygen atoms in total. The van der Waals surface area contributed by atoms with Gasteiger partial charge in [-0.2, -0.15) is 0 Å². The van der Waals surface area contributed by atoms with Crippen LogP contribution >= 0.6 is 0 Å². The van der Waals surface area contributed by atoms with E-state index in [1.54, 1.807) is 14.2 Å². The predicted molar refractivity (Wildman–Crippen MR) is 76.4 cm³/mol. The topological polar surface area (TPSA) is 60.0 Å². The fourth-order valence-corrected chi connectivity index (χ4v) is 1.68. The molecule has 0 radical (unpaired) electrons. The summed E-state index contributed by atoms with van der Waals surface area (Å²) < 4.78 is 15.7. The molecule has 5 heteroatoms. The Bertz CT molecular complexity index is 190. The minimum atomic E-state index is -0.473. The smallest absolute Gasteiger partial charge is 0.0928 e. The highest BCUT2D eigenvalue weighted by Crippen LogP contribution is 2.03. The molecule has 0 aliphatic carbocycles. The third-order valence-corrected chi connectivity index (χ3v) is 2.82. The van der Waals surface area contributed by atoms with Gasteiger partial charge in [-0.05, 0) is 18.8 Å². The summed E-state index contributed by atoms with van der Waals surface area (Å²) in [5.74, 6) is 0.710. The SMILES string of the molecule is COCC(CNCC(O)COCCCC(C)C)OC. The lowest BCUT2D eigenvalue weighted by Crippen LogP contribution is -2.37. The van der Waals surface area contributed by atoms with E-state index in [1.165, 1.54) is 6.42 Å². The summed E-state index contributed by atoms with van der Waals surface area (Å²) in [7, 11) is 3.30. The number of ether oxygens (including phenoxy) is 3. The highest BCUT2D eigenvalue weighted by atomic mass is 16.5. The van der Waals surface area contributed by atoms with Gasteiger partial charge < -0.3 is 24.6 Å². The Morgan fingerprint density at radius 3 is 2.42 bits per heavy atom. The van der Waals surface area contributed by atoms with Crippen LogP contribution in [0.25, 0.3) is 0 Å². The van der Waals surface area contributed by atoms with E-state index < -0.39 is 6.10 Å². The van der Waals surface area contributed by atoms with Crippen LogP contribution in [0.3, 0.4) is 0 Å². The van der Waals surface area contributed by atoms with E-state index in [0.717, 1.165) is 13.0 Å². The van der Waals surface area contributed by atoms with Gasteiger partial charge in [0.05, 0.1) is 25.4 Å². The van der Waals surface area contributed by atoms with Crippen LogP contribution in [0.2, 0.25) is 0 Å². The van der Waals surface area contributed by atoms with E-state index in [-0.39, 0.29) is 6.10 Å². The quantitative estimate of drug-likeness (QED) is 0.493. The molecule has 0 spiro atoms. The molecule has 0 heterocycles. The molecule has 0 saturated carbocycles. The zero-order chi connectivity index (χ0) is 14.5. The Morgan fingerprint density at radius 2 is 1.84 bits per heavy atom. The molecule has 2 atom stereocenters. The molecule has 0 saturated heterocycles. The number of methoxy groups -OCH3 is 2. The lowest BCUT2D eigenvalue weighted by atomic mass is 10.1. The Balaban J connectivity index is 3.40. The second-order valence-corrected chi connectivity index (χ2v) is 5.24. The maximum atomic E-state index is 9.71. The van der Waals surface area contributed by atoms with Gasteiger partial charge in [-0.25, -0.2) is 0 Å². The van der Waals surface area contributed by atoms with Gasteiger partial charge in [0.25, 0.3) is 0 Å². The maximum absolute atomic E-state index is 9.71. The van der Waals surface area contributed by atoms with Crippen LogP contribution in [-0.2, 0) is 14.2 Å². The zero-order valence-electron chi connectivity index (χ0n) is 12.9. The number of aliphatic hydroxyl groups is 1. The van der Waals surface area contributed by atoms with Gasteiger partial charge in [0.2, 0.25) is 0 Å². The summed E-state index contributed by atoms with van der Waals surface area (Å²) in [5, 5.41) is 12.9. The molecule has 2 unspecified atom stereocenters. The third-order valence-electron chi connectivity index (χ3n) is 2.82. The van der Waals surface area contributed by atoms with Gasteiger partial charge in [0.15, 0.2) is 0 Å². The Morgan fingerprint density at radius 1 is 1.11 bits per heavy atom. The molecule has 0 aromatic heterocycles. The summed E-state index contributed by atoms with van der Waals surface area (Å²) in [6.45, 7) is 7.22. The van der Waals surface area contributed by atoms with Crippen LogP contribution in [0, 0.1) is 5.92 Å². The number of hydrogen-bond acceptors (Lipinski definition) is 5. The van der Waals surface area contributed by atoms with E-state index in [4.69, 9.17) is 14.2 Å². The van der Waals surface area contributed by atoms with Crippen molar-refractivity contribution < 1.29 is 19.3 Å². The first-order valence-electron chi connectivity index (χ1n) is 7.08. The van der Waals surface area contributed by atoms with E-state index in [1.807, 2.05) is 0 Å².